The lowest BCUT2D eigenvalue weighted by atomic mass is 9.94. The molecule has 1 aromatic carbocycles. The van der Waals surface area contributed by atoms with Crippen LogP contribution in [0.3, 0.4) is 0 Å². The summed E-state index contributed by atoms with van der Waals surface area (Å²) >= 11 is 1.74. The molecule has 1 atom stereocenters. The van der Waals surface area contributed by atoms with E-state index in [4.69, 9.17) is 0 Å². The van der Waals surface area contributed by atoms with Crippen molar-refractivity contribution in [3.05, 3.63) is 35.4 Å². The second kappa shape index (κ2) is 3.54. The summed E-state index contributed by atoms with van der Waals surface area (Å²) in [7, 11) is 0. The molecule has 1 fully saturated rings. The van der Waals surface area contributed by atoms with Crippen LogP contribution in [-0.2, 0) is 4.79 Å². The van der Waals surface area contributed by atoms with Crippen LogP contribution in [0.2, 0.25) is 0 Å². The summed E-state index contributed by atoms with van der Waals surface area (Å²) in [5, 5.41) is 0. The number of carbonyl (C=O) groups excluding carboxylic acids is 1. The summed E-state index contributed by atoms with van der Waals surface area (Å²) in [6.07, 6.45) is 0. The Kier molecular flexibility index (Phi) is 2.40. The number of Topliss-reactive ketones (excluding diaryl/α,β-unsaturated/α-hetero) is 1. The summed E-state index contributed by atoms with van der Waals surface area (Å²) in [6, 6.07) is 8.18. The number of benzene rings is 1. The van der Waals surface area contributed by atoms with E-state index in [1.165, 1.54) is 11.1 Å². The predicted octanol–water partition coefficient (Wildman–Crippen LogP) is 2.39. The molecule has 2 rings (SSSR count). The molecule has 1 nitrogen and oxygen atoms in total. The highest BCUT2D eigenvalue weighted by molar-refractivity contribution is 8.00. The van der Waals surface area contributed by atoms with Crippen LogP contribution in [-0.4, -0.2) is 17.3 Å². The summed E-state index contributed by atoms with van der Waals surface area (Å²) in [4.78, 5) is 11.5. The molecule has 0 aliphatic carbocycles. The van der Waals surface area contributed by atoms with Crippen LogP contribution in [0.25, 0.3) is 0 Å². The molecule has 2 heteroatoms. The first-order chi connectivity index (χ1) is 6.29. The molecule has 1 aliphatic heterocycles. The van der Waals surface area contributed by atoms with Gasteiger partial charge in [0.05, 0.1) is 11.7 Å². The van der Waals surface area contributed by atoms with Gasteiger partial charge in [-0.25, -0.2) is 0 Å². The zero-order valence-corrected chi connectivity index (χ0v) is 8.43. The molecule has 0 radical (unpaired) electrons. The molecule has 0 spiro atoms. The van der Waals surface area contributed by atoms with Crippen molar-refractivity contribution < 1.29 is 4.79 Å². The van der Waals surface area contributed by atoms with Crippen LogP contribution in [0, 0.1) is 6.92 Å². The Morgan fingerprint density at radius 1 is 1.38 bits per heavy atom. The highest BCUT2D eigenvalue weighted by Gasteiger charge is 2.27. The Balaban J connectivity index is 2.34. The van der Waals surface area contributed by atoms with Crippen LogP contribution < -0.4 is 0 Å². The molecule has 68 valence electrons. The Hall–Kier alpha value is -0.760. The molecule has 1 unspecified atom stereocenters. The number of carbonyl (C=O) groups is 1. The lowest BCUT2D eigenvalue weighted by Crippen LogP contribution is -2.10. The van der Waals surface area contributed by atoms with Gasteiger partial charge >= 0.3 is 0 Å². The summed E-state index contributed by atoms with van der Waals surface area (Å²) in [6.45, 7) is 2.08. The molecule has 0 N–H and O–H groups in total. The minimum absolute atomic E-state index is 0.159. The fourth-order valence-electron chi connectivity index (χ4n) is 1.71. The topological polar surface area (TPSA) is 17.1 Å². The van der Waals surface area contributed by atoms with E-state index in [0.717, 1.165) is 5.75 Å². The van der Waals surface area contributed by atoms with E-state index in [-0.39, 0.29) is 5.92 Å². The quantitative estimate of drug-likeness (QED) is 0.679. The Labute approximate surface area is 82.5 Å². The lowest BCUT2D eigenvalue weighted by Gasteiger charge is -2.10. The van der Waals surface area contributed by atoms with Gasteiger partial charge in [0.15, 0.2) is 5.78 Å². The number of rotatable bonds is 1. The fraction of sp³-hybridized carbons (Fsp3) is 0.364. The van der Waals surface area contributed by atoms with Crippen LogP contribution >= 0.6 is 11.8 Å². The number of hydrogen-bond acceptors (Lipinski definition) is 2. The van der Waals surface area contributed by atoms with Crippen molar-refractivity contribution in [3.8, 4) is 0 Å². The fourth-order valence-corrected chi connectivity index (χ4v) is 2.83. The average molecular weight is 192 g/mol. The number of thioether (sulfide) groups is 1. The van der Waals surface area contributed by atoms with Gasteiger partial charge in [-0.1, -0.05) is 24.3 Å². The van der Waals surface area contributed by atoms with Crippen molar-refractivity contribution >= 4 is 17.5 Å². The van der Waals surface area contributed by atoms with Crippen molar-refractivity contribution in [2.24, 2.45) is 0 Å². The molecular formula is C11H12OS. The van der Waals surface area contributed by atoms with Gasteiger partial charge < -0.3 is 0 Å². The molecule has 0 saturated carbocycles. The first-order valence-electron chi connectivity index (χ1n) is 4.45. The van der Waals surface area contributed by atoms with Crippen LogP contribution in [0.5, 0.6) is 0 Å². The minimum atomic E-state index is 0.159. The van der Waals surface area contributed by atoms with Gasteiger partial charge in [0.2, 0.25) is 0 Å². The van der Waals surface area contributed by atoms with Gasteiger partial charge in [0.25, 0.3) is 0 Å². The maximum absolute atomic E-state index is 11.5. The van der Waals surface area contributed by atoms with Gasteiger partial charge in [-0.05, 0) is 18.1 Å². The standard InChI is InChI=1S/C11H12OS/c1-8-4-2-3-5-9(8)10-6-13-7-11(10)12/h2-5,10H,6-7H2,1H3. The molecule has 1 aliphatic rings. The summed E-state index contributed by atoms with van der Waals surface area (Å²) in [5.74, 6) is 2.20. The van der Waals surface area contributed by atoms with Crippen LogP contribution in [0.4, 0.5) is 0 Å². The zero-order chi connectivity index (χ0) is 9.26. The Morgan fingerprint density at radius 3 is 2.77 bits per heavy atom. The van der Waals surface area contributed by atoms with Crippen LogP contribution in [0.1, 0.15) is 17.0 Å². The highest BCUT2D eigenvalue weighted by Crippen LogP contribution is 2.31. The van der Waals surface area contributed by atoms with E-state index in [9.17, 15) is 4.79 Å². The van der Waals surface area contributed by atoms with E-state index in [0.29, 0.717) is 11.5 Å². The second-order valence-corrected chi connectivity index (χ2v) is 4.42. The van der Waals surface area contributed by atoms with E-state index in [2.05, 4.69) is 19.1 Å². The number of aryl methyl sites for hydroxylation is 1. The third kappa shape index (κ3) is 1.63. The predicted molar refractivity (Wildman–Crippen MR) is 56.3 cm³/mol. The third-order valence-electron chi connectivity index (χ3n) is 2.48. The SMILES string of the molecule is Cc1ccccc1C1CSCC1=O. The molecule has 1 saturated heterocycles. The Morgan fingerprint density at radius 2 is 2.15 bits per heavy atom. The molecule has 1 heterocycles. The molecule has 0 amide bonds. The monoisotopic (exact) mass is 192 g/mol. The maximum atomic E-state index is 11.5. The van der Waals surface area contributed by atoms with Gasteiger partial charge in [0.1, 0.15) is 0 Å². The highest BCUT2D eigenvalue weighted by atomic mass is 32.2. The van der Waals surface area contributed by atoms with Crippen molar-refractivity contribution in [1.82, 2.24) is 0 Å². The number of hydrogen-bond donors (Lipinski definition) is 0. The normalized spacial score (nSPS) is 22.2. The van der Waals surface area contributed by atoms with Gasteiger partial charge in [-0.2, -0.15) is 11.8 Å². The zero-order valence-electron chi connectivity index (χ0n) is 7.62. The summed E-state index contributed by atoms with van der Waals surface area (Å²) in [5.41, 5.74) is 2.46. The van der Waals surface area contributed by atoms with E-state index >= 15 is 0 Å². The molecule has 0 bridgehead atoms. The maximum Gasteiger partial charge on any atom is 0.151 e. The molecule has 0 aromatic heterocycles. The van der Waals surface area contributed by atoms with E-state index in [1.807, 2.05) is 12.1 Å². The van der Waals surface area contributed by atoms with Gasteiger partial charge in [-0.3, -0.25) is 4.79 Å². The van der Waals surface area contributed by atoms with Gasteiger partial charge in [-0.15, -0.1) is 0 Å². The molecule has 13 heavy (non-hydrogen) atoms. The van der Waals surface area contributed by atoms with Crippen molar-refractivity contribution in [3.63, 3.8) is 0 Å². The third-order valence-corrected chi connectivity index (χ3v) is 3.54. The molecule has 1 aromatic rings. The summed E-state index contributed by atoms with van der Waals surface area (Å²) < 4.78 is 0. The first-order valence-corrected chi connectivity index (χ1v) is 5.60. The minimum Gasteiger partial charge on any atom is -0.298 e. The Bertz CT molecular complexity index is 333. The molecular weight excluding hydrogens is 180 g/mol. The average Bonchev–Trinajstić information content (AvgIpc) is 2.52. The van der Waals surface area contributed by atoms with Crippen molar-refractivity contribution in [2.45, 2.75) is 12.8 Å². The lowest BCUT2D eigenvalue weighted by molar-refractivity contribution is -0.117. The van der Waals surface area contributed by atoms with Crippen molar-refractivity contribution in [2.75, 3.05) is 11.5 Å². The van der Waals surface area contributed by atoms with E-state index < -0.39 is 0 Å². The van der Waals surface area contributed by atoms with Crippen molar-refractivity contribution in [1.29, 1.82) is 0 Å². The largest absolute Gasteiger partial charge is 0.298 e. The van der Waals surface area contributed by atoms with Gasteiger partial charge in [0, 0.05) is 5.75 Å². The smallest absolute Gasteiger partial charge is 0.151 e. The second-order valence-electron chi connectivity index (χ2n) is 3.39. The van der Waals surface area contributed by atoms with E-state index in [1.54, 1.807) is 11.8 Å². The number of ketones is 1. The first kappa shape index (κ1) is 8.82. The van der Waals surface area contributed by atoms with Crippen LogP contribution in [0.15, 0.2) is 24.3 Å².